The summed E-state index contributed by atoms with van der Waals surface area (Å²) in [6.07, 6.45) is -2.34. The van der Waals surface area contributed by atoms with Gasteiger partial charge in [0.15, 0.2) is 0 Å². The van der Waals surface area contributed by atoms with Gasteiger partial charge in [-0.3, -0.25) is 4.79 Å². The zero-order valence-corrected chi connectivity index (χ0v) is 13.0. The molecule has 128 valence electrons. The van der Waals surface area contributed by atoms with E-state index >= 15 is 0 Å². The van der Waals surface area contributed by atoms with Crippen molar-refractivity contribution in [3.05, 3.63) is 29.3 Å². The number of amides is 1. The number of hydrogen-bond acceptors (Lipinski definition) is 3. The zero-order valence-electron chi connectivity index (χ0n) is 13.0. The van der Waals surface area contributed by atoms with E-state index in [1.165, 1.54) is 19.2 Å². The van der Waals surface area contributed by atoms with Crippen molar-refractivity contribution in [3.8, 4) is 5.75 Å². The minimum atomic E-state index is -4.48. The molecule has 0 saturated carbocycles. The first kappa shape index (κ1) is 17.6. The Morgan fingerprint density at radius 2 is 2.22 bits per heavy atom. The van der Waals surface area contributed by atoms with E-state index in [2.05, 4.69) is 10.6 Å². The first-order chi connectivity index (χ1) is 10.9. The number of benzene rings is 1. The fourth-order valence-corrected chi connectivity index (χ4v) is 2.68. The van der Waals surface area contributed by atoms with Crippen LogP contribution in [0.5, 0.6) is 5.75 Å². The number of alkyl halides is 3. The molecule has 0 aromatic heterocycles. The molecule has 1 heterocycles. The molecule has 0 aliphatic carbocycles. The molecule has 1 unspecified atom stereocenters. The van der Waals surface area contributed by atoms with E-state index < -0.39 is 11.7 Å². The molecule has 1 aliphatic heterocycles. The van der Waals surface area contributed by atoms with Gasteiger partial charge >= 0.3 is 6.18 Å². The number of rotatable bonds is 6. The predicted molar refractivity (Wildman–Crippen MR) is 80.1 cm³/mol. The standard InChI is InChI=1S/C16H21F3N2O2/c1-23-13-4-3-12(14(8-13)16(17,18)19)10-21-15(22)5-2-11-6-7-20-9-11/h3-4,8,11,20H,2,5-7,9-10H2,1H3,(H,21,22). The lowest BCUT2D eigenvalue weighted by Crippen LogP contribution is -2.25. The molecule has 0 radical (unpaired) electrons. The molecular formula is C16H21F3N2O2. The van der Waals surface area contributed by atoms with Crippen LogP contribution in [0.15, 0.2) is 18.2 Å². The Morgan fingerprint density at radius 1 is 1.43 bits per heavy atom. The van der Waals surface area contributed by atoms with Crippen molar-refractivity contribution < 1.29 is 22.7 Å². The van der Waals surface area contributed by atoms with Crippen LogP contribution in [-0.2, 0) is 17.5 Å². The van der Waals surface area contributed by atoms with Crippen LogP contribution in [-0.4, -0.2) is 26.1 Å². The van der Waals surface area contributed by atoms with Crippen LogP contribution in [0.2, 0.25) is 0 Å². The molecule has 1 atom stereocenters. The maximum Gasteiger partial charge on any atom is 0.416 e. The van der Waals surface area contributed by atoms with Gasteiger partial charge in [0.25, 0.3) is 0 Å². The van der Waals surface area contributed by atoms with Gasteiger partial charge in [-0.1, -0.05) is 6.07 Å². The van der Waals surface area contributed by atoms with Gasteiger partial charge in [-0.05, 0) is 49.5 Å². The van der Waals surface area contributed by atoms with Gasteiger partial charge in [-0.2, -0.15) is 13.2 Å². The summed E-state index contributed by atoms with van der Waals surface area (Å²) in [5.41, 5.74) is -0.744. The van der Waals surface area contributed by atoms with Gasteiger partial charge in [-0.25, -0.2) is 0 Å². The Bertz CT molecular complexity index is 541. The Labute approximate surface area is 133 Å². The highest BCUT2D eigenvalue weighted by molar-refractivity contribution is 5.75. The molecule has 1 amide bonds. The van der Waals surface area contributed by atoms with Crippen molar-refractivity contribution in [3.63, 3.8) is 0 Å². The number of carbonyl (C=O) groups excluding carboxylic acids is 1. The normalized spacial score (nSPS) is 18.0. The summed E-state index contributed by atoms with van der Waals surface area (Å²) in [5, 5.41) is 5.79. The van der Waals surface area contributed by atoms with Gasteiger partial charge in [0.1, 0.15) is 5.75 Å². The van der Waals surface area contributed by atoms with Gasteiger partial charge < -0.3 is 15.4 Å². The quantitative estimate of drug-likeness (QED) is 0.843. The third-order valence-electron chi connectivity index (χ3n) is 4.04. The van der Waals surface area contributed by atoms with Crippen LogP contribution >= 0.6 is 0 Å². The van der Waals surface area contributed by atoms with Gasteiger partial charge in [0.05, 0.1) is 12.7 Å². The lowest BCUT2D eigenvalue weighted by molar-refractivity contribution is -0.138. The van der Waals surface area contributed by atoms with Crippen molar-refractivity contribution in [1.29, 1.82) is 0 Å². The summed E-state index contributed by atoms with van der Waals surface area (Å²) >= 11 is 0. The Kier molecular flexibility index (Phi) is 5.87. The van der Waals surface area contributed by atoms with E-state index in [0.717, 1.165) is 32.0 Å². The van der Waals surface area contributed by atoms with Crippen molar-refractivity contribution in [2.24, 2.45) is 5.92 Å². The summed E-state index contributed by atoms with van der Waals surface area (Å²) in [5.74, 6) is 0.398. The fourth-order valence-electron chi connectivity index (χ4n) is 2.68. The van der Waals surface area contributed by atoms with Crippen molar-refractivity contribution >= 4 is 5.91 Å². The average Bonchev–Trinajstić information content (AvgIpc) is 3.03. The molecule has 1 fully saturated rings. The summed E-state index contributed by atoms with van der Waals surface area (Å²) in [6.45, 7) is 1.73. The topological polar surface area (TPSA) is 50.4 Å². The summed E-state index contributed by atoms with van der Waals surface area (Å²) in [4.78, 5) is 11.8. The lowest BCUT2D eigenvalue weighted by atomic mass is 10.0. The van der Waals surface area contributed by atoms with E-state index in [-0.39, 0.29) is 23.8 Å². The highest BCUT2D eigenvalue weighted by atomic mass is 19.4. The van der Waals surface area contributed by atoms with Gasteiger partial charge in [-0.15, -0.1) is 0 Å². The van der Waals surface area contributed by atoms with Crippen molar-refractivity contribution in [2.45, 2.75) is 32.0 Å². The van der Waals surface area contributed by atoms with E-state index in [1.807, 2.05) is 0 Å². The largest absolute Gasteiger partial charge is 0.497 e. The summed E-state index contributed by atoms with van der Waals surface area (Å²) in [6, 6.07) is 3.75. The minimum Gasteiger partial charge on any atom is -0.497 e. The highest BCUT2D eigenvalue weighted by Gasteiger charge is 2.33. The number of ether oxygens (including phenoxy) is 1. The first-order valence-electron chi connectivity index (χ1n) is 7.61. The van der Waals surface area contributed by atoms with Crippen LogP contribution in [0, 0.1) is 5.92 Å². The van der Waals surface area contributed by atoms with Gasteiger partial charge in [0.2, 0.25) is 5.91 Å². The van der Waals surface area contributed by atoms with Crippen LogP contribution in [0.4, 0.5) is 13.2 Å². The van der Waals surface area contributed by atoms with Crippen molar-refractivity contribution in [2.75, 3.05) is 20.2 Å². The molecule has 1 saturated heterocycles. The molecule has 1 aromatic carbocycles. The zero-order chi connectivity index (χ0) is 16.9. The number of carbonyl (C=O) groups is 1. The van der Waals surface area contributed by atoms with Crippen LogP contribution in [0.3, 0.4) is 0 Å². The maximum atomic E-state index is 13.1. The fraction of sp³-hybridized carbons (Fsp3) is 0.562. The molecule has 23 heavy (non-hydrogen) atoms. The molecule has 0 bridgehead atoms. The van der Waals surface area contributed by atoms with Gasteiger partial charge in [0, 0.05) is 13.0 Å². The second-order valence-electron chi connectivity index (χ2n) is 5.70. The Balaban J connectivity index is 1.92. The molecule has 2 rings (SSSR count). The number of hydrogen-bond donors (Lipinski definition) is 2. The van der Waals surface area contributed by atoms with E-state index in [4.69, 9.17) is 4.74 Å². The molecule has 7 heteroatoms. The third-order valence-corrected chi connectivity index (χ3v) is 4.04. The SMILES string of the molecule is COc1ccc(CNC(=O)CCC2CCNC2)c(C(F)(F)F)c1. The molecule has 1 aliphatic rings. The second-order valence-corrected chi connectivity index (χ2v) is 5.70. The number of methoxy groups -OCH3 is 1. The van der Waals surface area contributed by atoms with E-state index in [1.54, 1.807) is 0 Å². The smallest absolute Gasteiger partial charge is 0.416 e. The molecule has 0 spiro atoms. The average molecular weight is 330 g/mol. The molecule has 4 nitrogen and oxygen atoms in total. The summed E-state index contributed by atoms with van der Waals surface area (Å²) in [7, 11) is 1.31. The van der Waals surface area contributed by atoms with Crippen LogP contribution in [0.25, 0.3) is 0 Å². The van der Waals surface area contributed by atoms with Crippen molar-refractivity contribution in [1.82, 2.24) is 10.6 Å². The molecule has 2 N–H and O–H groups in total. The first-order valence-corrected chi connectivity index (χ1v) is 7.61. The summed E-state index contributed by atoms with van der Waals surface area (Å²) < 4.78 is 44.0. The molecular weight excluding hydrogens is 309 g/mol. The predicted octanol–water partition coefficient (Wildman–Crippen LogP) is 2.72. The number of nitrogens with one attached hydrogen (secondary N) is 2. The van der Waals surface area contributed by atoms with E-state index in [0.29, 0.717) is 12.3 Å². The van der Waals surface area contributed by atoms with Crippen LogP contribution < -0.4 is 15.4 Å². The number of halogens is 3. The lowest BCUT2D eigenvalue weighted by Gasteiger charge is -2.15. The second kappa shape index (κ2) is 7.68. The monoisotopic (exact) mass is 330 g/mol. The third kappa shape index (κ3) is 5.13. The van der Waals surface area contributed by atoms with E-state index in [9.17, 15) is 18.0 Å². The highest BCUT2D eigenvalue weighted by Crippen LogP contribution is 2.34. The minimum absolute atomic E-state index is 0.0363. The molecule has 1 aromatic rings. The Hall–Kier alpha value is -1.76. The maximum absolute atomic E-state index is 13.1. The Morgan fingerprint density at radius 3 is 2.83 bits per heavy atom. The van der Waals surface area contributed by atoms with Crippen LogP contribution in [0.1, 0.15) is 30.4 Å².